The van der Waals surface area contributed by atoms with Gasteiger partial charge in [-0.2, -0.15) is 0 Å². The molecule has 0 bridgehead atoms. The van der Waals surface area contributed by atoms with E-state index in [1.54, 1.807) is 18.2 Å². The van der Waals surface area contributed by atoms with Crippen LogP contribution in [0.4, 0.5) is 10.5 Å². The summed E-state index contributed by atoms with van der Waals surface area (Å²) in [5.41, 5.74) is 2.77. The molecule has 4 heteroatoms. The molecule has 2 aromatic carbocycles. The van der Waals surface area contributed by atoms with E-state index in [9.17, 15) is 9.90 Å². The van der Waals surface area contributed by atoms with Crippen LogP contribution in [-0.2, 0) is 6.54 Å². The van der Waals surface area contributed by atoms with Crippen LogP contribution in [0.15, 0.2) is 48.5 Å². The molecule has 0 spiro atoms. The second kappa shape index (κ2) is 5.91. The Morgan fingerprint density at radius 3 is 2.68 bits per heavy atom. The second-order valence-electron chi connectivity index (χ2n) is 4.28. The Morgan fingerprint density at radius 1 is 1.16 bits per heavy atom. The van der Waals surface area contributed by atoms with E-state index in [1.165, 1.54) is 6.07 Å². The Kier molecular flexibility index (Phi) is 4.03. The van der Waals surface area contributed by atoms with Crippen LogP contribution in [0.1, 0.15) is 11.1 Å². The first-order valence-electron chi connectivity index (χ1n) is 6.03. The summed E-state index contributed by atoms with van der Waals surface area (Å²) in [7, 11) is 0. The molecule has 3 N–H and O–H groups in total. The standard InChI is InChI=1S/C15H16N2O2/c1-11-5-2-3-6-12(11)10-16-15(19)17-13-7-4-8-14(18)9-13/h2-9,18H,10H2,1H3,(H2,16,17,19). The van der Waals surface area contributed by atoms with Crippen LogP contribution in [0.2, 0.25) is 0 Å². The zero-order chi connectivity index (χ0) is 13.7. The number of aryl methyl sites for hydroxylation is 1. The molecule has 0 heterocycles. The van der Waals surface area contributed by atoms with Gasteiger partial charge >= 0.3 is 6.03 Å². The molecule has 98 valence electrons. The van der Waals surface area contributed by atoms with Crippen molar-refractivity contribution in [2.45, 2.75) is 13.5 Å². The molecule has 0 atom stereocenters. The van der Waals surface area contributed by atoms with E-state index in [4.69, 9.17) is 0 Å². The van der Waals surface area contributed by atoms with E-state index in [2.05, 4.69) is 10.6 Å². The van der Waals surface area contributed by atoms with Crippen molar-refractivity contribution >= 4 is 11.7 Å². The van der Waals surface area contributed by atoms with E-state index >= 15 is 0 Å². The minimum atomic E-state index is -0.297. The van der Waals surface area contributed by atoms with Crippen molar-refractivity contribution in [1.82, 2.24) is 5.32 Å². The fourth-order valence-corrected chi connectivity index (χ4v) is 1.74. The van der Waals surface area contributed by atoms with Gasteiger partial charge in [-0.05, 0) is 30.2 Å². The van der Waals surface area contributed by atoms with Gasteiger partial charge < -0.3 is 15.7 Å². The van der Waals surface area contributed by atoms with E-state index < -0.39 is 0 Å². The molecule has 0 aliphatic heterocycles. The molecule has 2 aromatic rings. The zero-order valence-electron chi connectivity index (χ0n) is 10.7. The maximum absolute atomic E-state index is 11.7. The summed E-state index contributed by atoms with van der Waals surface area (Å²) in [6.07, 6.45) is 0. The second-order valence-corrected chi connectivity index (χ2v) is 4.28. The lowest BCUT2D eigenvalue weighted by Gasteiger charge is -2.09. The Bertz CT molecular complexity index is 582. The quantitative estimate of drug-likeness (QED) is 0.790. The van der Waals surface area contributed by atoms with Gasteiger partial charge in [-0.15, -0.1) is 0 Å². The highest BCUT2D eigenvalue weighted by Gasteiger charge is 2.03. The third kappa shape index (κ3) is 3.74. The third-order valence-electron chi connectivity index (χ3n) is 2.80. The van der Waals surface area contributed by atoms with Crippen LogP contribution in [0.3, 0.4) is 0 Å². The SMILES string of the molecule is Cc1ccccc1CNC(=O)Nc1cccc(O)c1. The number of urea groups is 1. The number of hydrogen-bond donors (Lipinski definition) is 3. The largest absolute Gasteiger partial charge is 0.508 e. The summed E-state index contributed by atoms with van der Waals surface area (Å²) in [5, 5.41) is 14.7. The zero-order valence-corrected chi connectivity index (χ0v) is 10.7. The molecule has 0 saturated heterocycles. The predicted octanol–water partition coefficient (Wildman–Crippen LogP) is 3.02. The van der Waals surface area contributed by atoms with Gasteiger partial charge in [0, 0.05) is 18.3 Å². The van der Waals surface area contributed by atoms with E-state index in [1.807, 2.05) is 31.2 Å². The maximum atomic E-state index is 11.7. The monoisotopic (exact) mass is 256 g/mol. The lowest BCUT2D eigenvalue weighted by molar-refractivity contribution is 0.251. The van der Waals surface area contributed by atoms with Gasteiger partial charge in [-0.1, -0.05) is 30.3 Å². The maximum Gasteiger partial charge on any atom is 0.319 e. The van der Waals surface area contributed by atoms with Crippen molar-refractivity contribution in [2.75, 3.05) is 5.32 Å². The minimum absolute atomic E-state index is 0.122. The molecule has 2 amide bonds. The number of amides is 2. The molecule has 0 radical (unpaired) electrons. The number of benzene rings is 2. The number of carbonyl (C=O) groups is 1. The lowest BCUT2D eigenvalue weighted by Crippen LogP contribution is -2.28. The van der Waals surface area contributed by atoms with Gasteiger partial charge in [0.1, 0.15) is 5.75 Å². The van der Waals surface area contributed by atoms with Crippen LogP contribution in [-0.4, -0.2) is 11.1 Å². The summed E-state index contributed by atoms with van der Waals surface area (Å²) in [6, 6.07) is 14.0. The highest BCUT2D eigenvalue weighted by Crippen LogP contribution is 2.15. The van der Waals surface area contributed by atoms with Crippen molar-refractivity contribution < 1.29 is 9.90 Å². The number of hydrogen-bond acceptors (Lipinski definition) is 2. The molecule has 2 rings (SSSR count). The van der Waals surface area contributed by atoms with Crippen LogP contribution in [0, 0.1) is 6.92 Å². The Labute approximate surface area is 112 Å². The summed E-state index contributed by atoms with van der Waals surface area (Å²) in [5.74, 6) is 0.122. The van der Waals surface area contributed by atoms with Crippen molar-refractivity contribution in [1.29, 1.82) is 0 Å². The molecule has 0 fully saturated rings. The highest BCUT2D eigenvalue weighted by molar-refractivity contribution is 5.89. The van der Waals surface area contributed by atoms with Crippen LogP contribution < -0.4 is 10.6 Å². The van der Waals surface area contributed by atoms with Crippen molar-refractivity contribution in [3.63, 3.8) is 0 Å². The molecular formula is C15H16N2O2. The first-order valence-corrected chi connectivity index (χ1v) is 6.03. The van der Waals surface area contributed by atoms with Gasteiger partial charge in [0.05, 0.1) is 0 Å². The van der Waals surface area contributed by atoms with Crippen LogP contribution >= 0.6 is 0 Å². The normalized spacial score (nSPS) is 9.95. The summed E-state index contributed by atoms with van der Waals surface area (Å²) in [6.45, 7) is 2.47. The molecule has 19 heavy (non-hydrogen) atoms. The van der Waals surface area contributed by atoms with Crippen molar-refractivity contribution in [3.8, 4) is 5.75 Å². The summed E-state index contributed by atoms with van der Waals surface area (Å²) in [4.78, 5) is 11.7. The number of rotatable bonds is 3. The molecule has 4 nitrogen and oxygen atoms in total. The molecule has 0 unspecified atom stereocenters. The average molecular weight is 256 g/mol. The Balaban J connectivity index is 1.90. The van der Waals surface area contributed by atoms with Gasteiger partial charge in [-0.25, -0.2) is 4.79 Å². The van der Waals surface area contributed by atoms with Gasteiger partial charge in [-0.3, -0.25) is 0 Å². The first kappa shape index (κ1) is 13.0. The molecule has 0 aliphatic carbocycles. The lowest BCUT2D eigenvalue weighted by atomic mass is 10.1. The van der Waals surface area contributed by atoms with Crippen molar-refractivity contribution in [3.05, 3.63) is 59.7 Å². The fourth-order valence-electron chi connectivity index (χ4n) is 1.74. The van der Waals surface area contributed by atoms with Crippen LogP contribution in [0.5, 0.6) is 5.75 Å². The van der Waals surface area contributed by atoms with Crippen LogP contribution in [0.25, 0.3) is 0 Å². The summed E-state index contributed by atoms with van der Waals surface area (Å²) < 4.78 is 0. The minimum Gasteiger partial charge on any atom is -0.508 e. The number of aromatic hydroxyl groups is 1. The topological polar surface area (TPSA) is 61.4 Å². The Hall–Kier alpha value is -2.49. The molecule has 0 aromatic heterocycles. The van der Waals surface area contributed by atoms with Gasteiger partial charge in [0.25, 0.3) is 0 Å². The van der Waals surface area contributed by atoms with E-state index in [0.717, 1.165) is 11.1 Å². The number of phenols is 1. The van der Waals surface area contributed by atoms with E-state index in [0.29, 0.717) is 12.2 Å². The smallest absolute Gasteiger partial charge is 0.319 e. The number of carbonyl (C=O) groups excluding carboxylic acids is 1. The first-order chi connectivity index (χ1) is 9.15. The fraction of sp³-hybridized carbons (Fsp3) is 0.133. The third-order valence-corrected chi connectivity index (χ3v) is 2.80. The van der Waals surface area contributed by atoms with Crippen molar-refractivity contribution in [2.24, 2.45) is 0 Å². The predicted molar refractivity (Wildman–Crippen MR) is 75.1 cm³/mol. The van der Waals surface area contributed by atoms with E-state index in [-0.39, 0.29) is 11.8 Å². The molecular weight excluding hydrogens is 240 g/mol. The molecule has 0 aliphatic rings. The number of nitrogens with one attached hydrogen (secondary N) is 2. The van der Waals surface area contributed by atoms with Gasteiger partial charge in [0.2, 0.25) is 0 Å². The molecule has 0 saturated carbocycles. The number of phenolic OH excluding ortho intramolecular Hbond substituents is 1. The van der Waals surface area contributed by atoms with Gasteiger partial charge in [0.15, 0.2) is 0 Å². The Morgan fingerprint density at radius 2 is 1.95 bits per heavy atom. The number of anilines is 1. The average Bonchev–Trinajstić information content (AvgIpc) is 2.38. The highest BCUT2D eigenvalue weighted by atomic mass is 16.3. The summed E-state index contributed by atoms with van der Waals surface area (Å²) >= 11 is 0.